The van der Waals surface area contributed by atoms with Crippen LogP contribution in [-0.4, -0.2) is 27.0 Å². The van der Waals surface area contributed by atoms with Crippen LogP contribution in [0.1, 0.15) is 19.8 Å². The molecule has 108 valence electrons. The topological polar surface area (TPSA) is 58.2 Å². The Morgan fingerprint density at radius 2 is 2.05 bits per heavy atom. The molecule has 0 saturated carbocycles. The van der Waals surface area contributed by atoms with Gasteiger partial charge in [-0.2, -0.15) is 0 Å². The van der Waals surface area contributed by atoms with Crippen molar-refractivity contribution in [2.45, 2.75) is 36.7 Å². The first-order chi connectivity index (χ1) is 8.50. The van der Waals surface area contributed by atoms with Crippen molar-refractivity contribution in [3.63, 3.8) is 0 Å². The van der Waals surface area contributed by atoms with E-state index in [4.69, 9.17) is 0 Å². The molecule has 1 aliphatic rings. The van der Waals surface area contributed by atoms with Gasteiger partial charge in [-0.25, -0.2) is 17.5 Å². The summed E-state index contributed by atoms with van der Waals surface area (Å²) in [5, 5.41) is 3.20. The fraction of sp³-hybridized carbons (Fsp3) is 0.500. The van der Waals surface area contributed by atoms with Crippen molar-refractivity contribution in [1.82, 2.24) is 10.0 Å². The molecule has 1 aliphatic heterocycles. The van der Waals surface area contributed by atoms with E-state index in [0.29, 0.717) is 0 Å². The highest BCUT2D eigenvalue weighted by Gasteiger charge is 2.27. The predicted octanol–water partition coefficient (Wildman–Crippen LogP) is 1.67. The maximum absolute atomic E-state index is 13.5. The molecule has 0 aliphatic carbocycles. The van der Waals surface area contributed by atoms with Crippen LogP contribution in [0.25, 0.3) is 0 Å². The molecule has 1 saturated heterocycles. The Balaban J connectivity index is 0.00000180. The summed E-state index contributed by atoms with van der Waals surface area (Å²) in [7, 11) is -3.79. The van der Waals surface area contributed by atoms with Gasteiger partial charge in [0.05, 0.1) is 0 Å². The average molecular weight is 309 g/mol. The van der Waals surface area contributed by atoms with Crippen LogP contribution < -0.4 is 10.0 Å². The number of nitrogens with one attached hydrogen (secondary N) is 2. The molecule has 19 heavy (non-hydrogen) atoms. The molecule has 1 fully saturated rings. The monoisotopic (exact) mass is 308 g/mol. The second kappa shape index (κ2) is 6.65. The van der Waals surface area contributed by atoms with Crippen molar-refractivity contribution in [2.75, 3.05) is 6.54 Å². The van der Waals surface area contributed by atoms with Gasteiger partial charge in [0, 0.05) is 12.1 Å². The lowest BCUT2D eigenvalue weighted by molar-refractivity contribution is 0.348. The highest BCUT2D eigenvalue weighted by molar-refractivity contribution is 7.89. The van der Waals surface area contributed by atoms with E-state index >= 15 is 0 Å². The summed E-state index contributed by atoms with van der Waals surface area (Å²) in [6.45, 7) is 2.81. The first-order valence-electron chi connectivity index (χ1n) is 6.01. The fourth-order valence-corrected chi connectivity index (χ4v) is 3.56. The molecule has 0 radical (unpaired) electrons. The number of hydrogen-bond acceptors (Lipinski definition) is 3. The molecule has 2 N–H and O–H groups in total. The maximum atomic E-state index is 13.5. The molecular weight excluding hydrogens is 291 g/mol. The van der Waals surface area contributed by atoms with Crippen molar-refractivity contribution in [2.24, 2.45) is 0 Å². The zero-order valence-electron chi connectivity index (χ0n) is 10.6. The molecule has 4 nitrogen and oxygen atoms in total. The number of benzene rings is 1. The molecule has 0 spiro atoms. The van der Waals surface area contributed by atoms with Crippen LogP contribution in [0, 0.1) is 5.82 Å². The molecule has 0 amide bonds. The van der Waals surface area contributed by atoms with Crippen LogP contribution in [0.2, 0.25) is 0 Å². The van der Waals surface area contributed by atoms with Crippen molar-refractivity contribution < 1.29 is 12.8 Å². The first-order valence-corrected chi connectivity index (χ1v) is 7.49. The van der Waals surface area contributed by atoms with Gasteiger partial charge in [0.25, 0.3) is 0 Å². The second-order valence-electron chi connectivity index (χ2n) is 4.54. The van der Waals surface area contributed by atoms with Gasteiger partial charge in [-0.3, -0.25) is 0 Å². The third kappa shape index (κ3) is 3.89. The third-order valence-electron chi connectivity index (χ3n) is 3.19. The Hall–Kier alpha value is -0.690. The quantitative estimate of drug-likeness (QED) is 0.893. The van der Waals surface area contributed by atoms with Crippen LogP contribution in [0.15, 0.2) is 29.2 Å². The standard InChI is InChI=1S/C12H17FN2O2S.ClH/c1-9-11(6-4-8-14-9)15-18(16,17)12-7-3-2-5-10(12)13;/h2-3,5,7,9,11,14-15H,4,6,8H2,1H3;1H. The summed E-state index contributed by atoms with van der Waals surface area (Å²) in [6, 6.07) is 5.28. The summed E-state index contributed by atoms with van der Waals surface area (Å²) in [6.07, 6.45) is 1.68. The van der Waals surface area contributed by atoms with Crippen molar-refractivity contribution in [1.29, 1.82) is 0 Å². The van der Waals surface area contributed by atoms with E-state index < -0.39 is 15.8 Å². The van der Waals surface area contributed by atoms with Crippen LogP contribution >= 0.6 is 12.4 Å². The number of rotatable bonds is 3. The summed E-state index contributed by atoms with van der Waals surface area (Å²) >= 11 is 0. The lowest BCUT2D eigenvalue weighted by atomic mass is 10.0. The zero-order chi connectivity index (χ0) is 13.2. The molecule has 1 aromatic rings. The minimum atomic E-state index is -3.79. The van der Waals surface area contributed by atoms with E-state index in [1.165, 1.54) is 18.2 Å². The molecule has 0 aromatic heterocycles. The maximum Gasteiger partial charge on any atom is 0.243 e. The van der Waals surface area contributed by atoms with Crippen LogP contribution in [0.4, 0.5) is 4.39 Å². The minimum Gasteiger partial charge on any atom is -0.313 e. The normalized spacial score (nSPS) is 23.7. The van der Waals surface area contributed by atoms with Gasteiger partial charge in [0.15, 0.2) is 0 Å². The van der Waals surface area contributed by atoms with Crippen LogP contribution in [0.3, 0.4) is 0 Å². The smallest absolute Gasteiger partial charge is 0.243 e. The van der Waals surface area contributed by atoms with Gasteiger partial charge in [0.2, 0.25) is 10.0 Å². The molecule has 2 atom stereocenters. The van der Waals surface area contributed by atoms with Gasteiger partial charge in [-0.05, 0) is 38.4 Å². The van der Waals surface area contributed by atoms with Gasteiger partial charge >= 0.3 is 0 Å². The van der Waals surface area contributed by atoms with Crippen LogP contribution in [0.5, 0.6) is 0 Å². The van der Waals surface area contributed by atoms with Crippen molar-refractivity contribution in [3.8, 4) is 0 Å². The van der Waals surface area contributed by atoms with E-state index in [1.54, 1.807) is 0 Å². The summed E-state index contributed by atoms with van der Waals surface area (Å²) < 4.78 is 40.2. The first kappa shape index (κ1) is 16.4. The Kier molecular flexibility index (Phi) is 5.73. The predicted molar refractivity (Wildman–Crippen MR) is 74.5 cm³/mol. The minimum absolute atomic E-state index is 0. The zero-order valence-corrected chi connectivity index (χ0v) is 12.2. The SMILES string of the molecule is CC1NCCCC1NS(=O)(=O)c1ccccc1F.Cl. The molecule has 7 heteroatoms. The lowest BCUT2D eigenvalue weighted by Crippen LogP contribution is -2.51. The number of sulfonamides is 1. The Morgan fingerprint density at radius 1 is 1.37 bits per heavy atom. The molecular formula is C12H18ClFN2O2S. The molecule has 2 rings (SSSR count). The summed E-state index contributed by atoms with van der Waals surface area (Å²) in [4.78, 5) is -0.289. The van der Waals surface area contributed by atoms with Crippen molar-refractivity contribution in [3.05, 3.63) is 30.1 Å². The van der Waals surface area contributed by atoms with Crippen LogP contribution in [-0.2, 0) is 10.0 Å². The van der Waals surface area contributed by atoms with Gasteiger partial charge in [-0.15, -0.1) is 12.4 Å². The summed E-state index contributed by atoms with van der Waals surface area (Å²) in [5.74, 6) is -0.721. The van der Waals surface area contributed by atoms with E-state index in [1.807, 2.05) is 6.92 Å². The summed E-state index contributed by atoms with van der Waals surface area (Å²) in [5.41, 5.74) is 0. The number of piperidine rings is 1. The Labute approximate surface area is 119 Å². The average Bonchev–Trinajstić information content (AvgIpc) is 2.32. The molecule has 1 aromatic carbocycles. The van der Waals surface area contributed by atoms with E-state index in [2.05, 4.69) is 10.0 Å². The van der Waals surface area contributed by atoms with E-state index in [9.17, 15) is 12.8 Å². The fourth-order valence-electron chi connectivity index (χ4n) is 2.13. The Morgan fingerprint density at radius 3 is 2.68 bits per heavy atom. The number of halogens is 2. The highest BCUT2D eigenvalue weighted by Crippen LogP contribution is 2.16. The van der Waals surface area contributed by atoms with E-state index in [-0.39, 0.29) is 29.4 Å². The molecule has 2 unspecified atom stereocenters. The van der Waals surface area contributed by atoms with E-state index in [0.717, 1.165) is 25.5 Å². The van der Waals surface area contributed by atoms with Gasteiger partial charge in [-0.1, -0.05) is 12.1 Å². The lowest BCUT2D eigenvalue weighted by Gasteiger charge is -2.30. The molecule has 0 bridgehead atoms. The van der Waals surface area contributed by atoms with Gasteiger partial charge < -0.3 is 5.32 Å². The second-order valence-corrected chi connectivity index (χ2v) is 6.23. The van der Waals surface area contributed by atoms with Gasteiger partial charge in [0.1, 0.15) is 10.7 Å². The highest BCUT2D eigenvalue weighted by atomic mass is 35.5. The molecule has 1 heterocycles. The number of hydrogen-bond donors (Lipinski definition) is 2. The third-order valence-corrected chi connectivity index (χ3v) is 4.72. The Bertz CT molecular complexity index is 524. The largest absolute Gasteiger partial charge is 0.313 e. The van der Waals surface area contributed by atoms with Crippen molar-refractivity contribution >= 4 is 22.4 Å².